The van der Waals surface area contributed by atoms with E-state index in [1.165, 1.54) is 0 Å². The van der Waals surface area contributed by atoms with Crippen molar-refractivity contribution in [3.63, 3.8) is 0 Å². The Balaban J connectivity index is 1.75. The maximum Gasteiger partial charge on any atom is 0.313 e. The largest absolute Gasteiger partial charge is 0.490 e. The Morgan fingerprint density at radius 1 is 1.00 bits per heavy atom. The molecule has 0 saturated heterocycles. The molecule has 0 aliphatic carbocycles. The summed E-state index contributed by atoms with van der Waals surface area (Å²) >= 11 is 0. The summed E-state index contributed by atoms with van der Waals surface area (Å²) in [6, 6.07) is 13.4. The predicted molar refractivity (Wildman–Crippen MR) is 96.7 cm³/mol. The van der Waals surface area contributed by atoms with E-state index in [0.717, 1.165) is 4.68 Å². The van der Waals surface area contributed by atoms with Gasteiger partial charge >= 0.3 is 5.97 Å². The van der Waals surface area contributed by atoms with Crippen LogP contribution in [0.25, 0.3) is 10.8 Å². The molecule has 1 N–H and O–H groups in total. The first kappa shape index (κ1) is 17.5. The zero-order valence-electron chi connectivity index (χ0n) is 14.2. The zero-order chi connectivity index (χ0) is 18.5. The van der Waals surface area contributed by atoms with Gasteiger partial charge in [-0.2, -0.15) is 0 Å². The molecule has 0 radical (unpaired) electrons. The van der Waals surface area contributed by atoms with Crippen molar-refractivity contribution in [2.45, 2.75) is 19.9 Å². The summed E-state index contributed by atoms with van der Waals surface area (Å²) in [4.78, 5) is 36.6. The first-order chi connectivity index (χ1) is 12.6. The third kappa shape index (κ3) is 3.66. The molecule has 3 aromatic rings. The quantitative estimate of drug-likeness (QED) is 0.541. The highest BCUT2D eigenvalue weighted by Gasteiger charge is 2.12. The van der Waals surface area contributed by atoms with Crippen molar-refractivity contribution in [2.75, 3.05) is 6.61 Å². The van der Waals surface area contributed by atoms with Gasteiger partial charge in [-0.05, 0) is 31.2 Å². The molecular weight excluding hydrogens is 336 g/mol. The van der Waals surface area contributed by atoms with Crippen molar-refractivity contribution >= 4 is 16.7 Å². The monoisotopic (exact) mass is 354 g/mol. The number of carbonyl (C=O) groups is 1. The molecule has 0 spiro atoms. The molecule has 0 aliphatic rings. The molecule has 0 bridgehead atoms. The van der Waals surface area contributed by atoms with Crippen LogP contribution in [0.1, 0.15) is 13.3 Å². The molecule has 26 heavy (non-hydrogen) atoms. The number of hydrogen-bond donors (Lipinski definition) is 1. The van der Waals surface area contributed by atoms with Gasteiger partial charge in [0.25, 0.3) is 11.1 Å². The normalized spacial score (nSPS) is 10.7. The predicted octanol–water partition coefficient (Wildman–Crippen LogP) is 2.08. The van der Waals surface area contributed by atoms with Gasteiger partial charge in [-0.3, -0.25) is 19.5 Å². The fraction of sp³-hybridized carbons (Fsp3) is 0.211. The van der Waals surface area contributed by atoms with Crippen LogP contribution in [-0.2, 0) is 11.3 Å². The van der Waals surface area contributed by atoms with E-state index in [1.54, 1.807) is 48.5 Å². The molecule has 7 nitrogen and oxygen atoms in total. The number of para-hydroxylation sites is 2. The Morgan fingerprint density at radius 3 is 2.38 bits per heavy atom. The number of aromatic nitrogens is 2. The van der Waals surface area contributed by atoms with Gasteiger partial charge in [-0.1, -0.05) is 24.3 Å². The third-order valence-electron chi connectivity index (χ3n) is 3.80. The number of ether oxygens (including phenoxy) is 2. The van der Waals surface area contributed by atoms with Gasteiger partial charge in [-0.25, -0.2) is 4.68 Å². The van der Waals surface area contributed by atoms with Gasteiger partial charge in [0.05, 0.1) is 30.3 Å². The van der Waals surface area contributed by atoms with Crippen LogP contribution in [0.2, 0.25) is 0 Å². The number of nitrogens with one attached hydrogen (secondary N) is 1. The summed E-state index contributed by atoms with van der Waals surface area (Å²) in [5.41, 5.74) is -0.738. The minimum Gasteiger partial charge on any atom is -0.490 e. The minimum atomic E-state index is -0.530. The van der Waals surface area contributed by atoms with E-state index in [2.05, 4.69) is 5.10 Å². The molecule has 2 aromatic carbocycles. The zero-order valence-corrected chi connectivity index (χ0v) is 14.2. The fourth-order valence-corrected chi connectivity index (χ4v) is 2.59. The lowest BCUT2D eigenvalue weighted by Crippen LogP contribution is -2.31. The summed E-state index contributed by atoms with van der Waals surface area (Å²) in [6.45, 7) is 2.29. The Kier molecular flexibility index (Phi) is 5.17. The highest BCUT2D eigenvalue weighted by molar-refractivity contribution is 5.80. The van der Waals surface area contributed by atoms with Gasteiger partial charge in [0.1, 0.15) is 0 Å². The summed E-state index contributed by atoms with van der Waals surface area (Å²) in [7, 11) is 0. The molecule has 0 fully saturated rings. The number of nitrogens with zero attached hydrogens (tertiary/aromatic N) is 1. The molecule has 7 heteroatoms. The summed E-state index contributed by atoms with van der Waals surface area (Å²) in [5.74, 6) is 0.261. The lowest BCUT2D eigenvalue weighted by atomic mass is 10.2. The van der Waals surface area contributed by atoms with E-state index in [0.29, 0.717) is 28.9 Å². The highest BCUT2D eigenvalue weighted by Crippen LogP contribution is 2.26. The molecule has 1 aromatic heterocycles. The standard InChI is InChI=1S/C19H18N2O5/c1-2-25-15-9-5-6-10-16(15)26-17(22)11-12-21-19(24)14-8-4-3-7-13(14)18(23)20-21/h3-10H,2,11-12H2,1H3,(H,20,23). The number of aryl methyl sites for hydroxylation is 1. The number of esters is 1. The van der Waals surface area contributed by atoms with Crippen LogP contribution >= 0.6 is 0 Å². The van der Waals surface area contributed by atoms with Crippen LogP contribution < -0.4 is 20.6 Å². The van der Waals surface area contributed by atoms with E-state index in [1.807, 2.05) is 6.92 Å². The van der Waals surface area contributed by atoms with E-state index >= 15 is 0 Å². The molecule has 0 unspecified atom stereocenters. The van der Waals surface area contributed by atoms with Crippen molar-refractivity contribution in [2.24, 2.45) is 0 Å². The van der Waals surface area contributed by atoms with E-state index in [-0.39, 0.29) is 24.1 Å². The molecule has 0 aliphatic heterocycles. The van der Waals surface area contributed by atoms with Crippen LogP contribution in [0.4, 0.5) is 0 Å². The summed E-state index contributed by atoms with van der Waals surface area (Å²) in [6.07, 6.45) is -0.0748. The second-order valence-corrected chi connectivity index (χ2v) is 5.55. The van der Waals surface area contributed by atoms with Crippen LogP contribution in [0.5, 0.6) is 11.5 Å². The maximum absolute atomic E-state index is 12.4. The Morgan fingerprint density at radius 2 is 1.65 bits per heavy atom. The van der Waals surface area contributed by atoms with Gasteiger partial charge in [0.15, 0.2) is 11.5 Å². The van der Waals surface area contributed by atoms with Crippen molar-refractivity contribution in [1.29, 1.82) is 0 Å². The SMILES string of the molecule is CCOc1ccccc1OC(=O)CCn1[nH]c(=O)c2ccccc2c1=O. The molecular formula is C19H18N2O5. The van der Waals surface area contributed by atoms with Crippen LogP contribution in [0, 0.1) is 0 Å². The fourth-order valence-electron chi connectivity index (χ4n) is 2.59. The van der Waals surface area contributed by atoms with Crippen molar-refractivity contribution < 1.29 is 14.3 Å². The van der Waals surface area contributed by atoms with Crippen LogP contribution in [0.3, 0.4) is 0 Å². The van der Waals surface area contributed by atoms with Gasteiger partial charge < -0.3 is 9.47 Å². The molecule has 0 saturated carbocycles. The number of aromatic amines is 1. The third-order valence-corrected chi connectivity index (χ3v) is 3.80. The first-order valence-corrected chi connectivity index (χ1v) is 8.24. The van der Waals surface area contributed by atoms with Crippen LogP contribution in [0.15, 0.2) is 58.1 Å². The molecule has 3 rings (SSSR count). The number of hydrogen-bond acceptors (Lipinski definition) is 5. The average molecular weight is 354 g/mol. The Bertz CT molecular complexity index is 1050. The maximum atomic E-state index is 12.4. The molecule has 0 amide bonds. The van der Waals surface area contributed by atoms with E-state index < -0.39 is 5.97 Å². The number of H-pyrrole nitrogens is 1. The van der Waals surface area contributed by atoms with E-state index in [9.17, 15) is 14.4 Å². The number of carbonyl (C=O) groups excluding carboxylic acids is 1. The summed E-state index contributed by atoms with van der Waals surface area (Å²) < 4.78 is 11.8. The number of benzene rings is 2. The minimum absolute atomic E-state index is 0.00847. The van der Waals surface area contributed by atoms with Crippen molar-refractivity contribution in [3.8, 4) is 11.5 Å². The van der Waals surface area contributed by atoms with E-state index in [4.69, 9.17) is 9.47 Å². The molecule has 1 heterocycles. The smallest absolute Gasteiger partial charge is 0.313 e. The highest BCUT2D eigenvalue weighted by atomic mass is 16.6. The second-order valence-electron chi connectivity index (χ2n) is 5.55. The first-order valence-electron chi connectivity index (χ1n) is 8.24. The van der Waals surface area contributed by atoms with Gasteiger partial charge in [0, 0.05) is 0 Å². The lowest BCUT2D eigenvalue weighted by molar-refractivity contribution is -0.134. The topological polar surface area (TPSA) is 90.4 Å². The number of fused-ring (bicyclic) bond motifs is 1. The second kappa shape index (κ2) is 7.69. The van der Waals surface area contributed by atoms with Crippen molar-refractivity contribution in [3.05, 3.63) is 69.2 Å². The lowest BCUT2D eigenvalue weighted by Gasteiger charge is -2.10. The Labute approximate surface area is 148 Å². The van der Waals surface area contributed by atoms with Crippen molar-refractivity contribution in [1.82, 2.24) is 9.78 Å². The Hall–Kier alpha value is -3.35. The molecule has 0 atom stereocenters. The average Bonchev–Trinajstić information content (AvgIpc) is 2.65. The van der Waals surface area contributed by atoms with Crippen LogP contribution in [-0.4, -0.2) is 22.4 Å². The number of rotatable bonds is 6. The molecule has 134 valence electrons. The summed E-state index contributed by atoms with van der Waals surface area (Å²) in [5, 5.41) is 3.12. The van der Waals surface area contributed by atoms with Gasteiger partial charge in [0.2, 0.25) is 0 Å². The van der Waals surface area contributed by atoms with Gasteiger partial charge in [-0.15, -0.1) is 0 Å².